The number of furan rings is 1. The van der Waals surface area contributed by atoms with Crippen LogP contribution in [0.2, 0.25) is 0 Å². The Bertz CT molecular complexity index is 3190. The molecule has 10 aromatic carbocycles. The molecule has 54 heavy (non-hydrogen) atoms. The monoisotopic (exact) mass is 687 g/mol. The molecule has 11 aromatic rings. The Hall–Kier alpha value is -7.16. The fraction of sp³-hybridized carbons (Fsp3) is 0. The van der Waals surface area contributed by atoms with Crippen LogP contribution in [0.5, 0.6) is 0 Å². The molecule has 0 saturated heterocycles. The zero-order valence-electron chi connectivity index (χ0n) is 29.4. The molecule has 0 radical (unpaired) electrons. The third kappa shape index (κ3) is 4.88. The Balaban J connectivity index is 1.12. The van der Waals surface area contributed by atoms with Crippen LogP contribution in [0.4, 0.5) is 17.1 Å². The summed E-state index contributed by atoms with van der Waals surface area (Å²) in [5.74, 6) is 0. The molecule has 252 valence electrons. The number of hydrogen-bond donors (Lipinski definition) is 0. The first-order valence-corrected chi connectivity index (χ1v) is 18.5. The molecule has 0 aliphatic heterocycles. The van der Waals surface area contributed by atoms with Crippen LogP contribution in [0.25, 0.3) is 87.3 Å². The average Bonchev–Trinajstić information content (AvgIpc) is 3.63. The molecule has 2 nitrogen and oxygen atoms in total. The summed E-state index contributed by atoms with van der Waals surface area (Å²) in [6.07, 6.45) is 0. The molecule has 0 unspecified atom stereocenters. The lowest BCUT2D eigenvalue weighted by atomic mass is 9.91. The highest BCUT2D eigenvalue weighted by molar-refractivity contribution is 6.34. The number of hydrogen-bond acceptors (Lipinski definition) is 2. The minimum absolute atomic E-state index is 0.912. The van der Waals surface area contributed by atoms with Crippen LogP contribution in [0.3, 0.4) is 0 Å². The van der Waals surface area contributed by atoms with E-state index >= 15 is 0 Å². The number of anilines is 3. The maximum atomic E-state index is 6.40. The first-order chi connectivity index (χ1) is 26.8. The van der Waals surface area contributed by atoms with Crippen LogP contribution in [0.15, 0.2) is 205 Å². The van der Waals surface area contributed by atoms with E-state index in [9.17, 15) is 0 Å². The lowest BCUT2D eigenvalue weighted by Crippen LogP contribution is -2.10. The Morgan fingerprint density at radius 1 is 0.278 bits per heavy atom. The summed E-state index contributed by atoms with van der Waals surface area (Å²) in [5, 5.41) is 12.2. The fourth-order valence-electron chi connectivity index (χ4n) is 8.44. The second-order valence-electron chi connectivity index (χ2n) is 14.1. The van der Waals surface area contributed by atoms with Crippen LogP contribution in [0, 0.1) is 0 Å². The summed E-state index contributed by atoms with van der Waals surface area (Å²) >= 11 is 0. The Morgan fingerprint density at radius 3 is 1.59 bits per heavy atom. The van der Waals surface area contributed by atoms with Gasteiger partial charge in [-0.05, 0) is 121 Å². The minimum Gasteiger partial charge on any atom is -0.456 e. The standard InChI is InChI=1S/C52H33NO/c1-2-10-34(11-3-1)36-20-24-40(25-21-36)53(41-26-22-37(23-27-41)39-19-18-35-12-4-5-13-38(35)32-39)42-28-29-44-43-14-6-7-15-45(43)51-46(48(44)33-42)30-31-50-52(51)47-16-8-9-17-49(47)54-50/h1-33H. The van der Waals surface area contributed by atoms with E-state index < -0.39 is 0 Å². The van der Waals surface area contributed by atoms with Crippen LogP contribution in [-0.4, -0.2) is 0 Å². The molecular weight excluding hydrogens is 655 g/mol. The van der Waals surface area contributed by atoms with Crippen LogP contribution < -0.4 is 4.90 Å². The lowest BCUT2D eigenvalue weighted by Gasteiger charge is -2.27. The van der Waals surface area contributed by atoms with Crippen molar-refractivity contribution in [2.75, 3.05) is 4.90 Å². The summed E-state index contributed by atoms with van der Waals surface area (Å²) in [4.78, 5) is 2.38. The maximum Gasteiger partial charge on any atom is 0.136 e. The molecule has 0 saturated carbocycles. The third-order valence-corrected chi connectivity index (χ3v) is 11.0. The summed E-state index contributed by atoms with van der Waals surface area (Å²) < 4.78 is 6.40. The normalized spacial score (nSPS) is 11.7. The van der Waals surface area contributed by atoms with Crippen molar-refractivity contribution in [3.05, 3.63) is 200 Å². The van der Waals surface area contributed by atoms with Crippen molar-refractivity contribution < 1.29 is 4.42 Å². The number of rotatable bonds is 5. The summed E-state index contributed by atoms with van der Waals surface area (Å²) in [5.41, 5.74) is 9.92. The quantitative estimate of drug-likeness (QED) is 0.168. The molecule has 1 aromatic heterocycles. The van der Waals surface area contributed by atoms with Gasteiger partial charge in [-0.15, -0.1) is 0 Å². The molecule has 11 rings (SSSR count). The number of fused-ring (bicyclic) bond motifs is 11. The van der Waals surface area contributed by atoms with E-state index in [1.165, 1.54) is 70.7 Å². The van der Waals surface area contributed by atoms with Gasteiger partial charge in [-0.2, -0.15) is 0 Å². The van der Waals surface area contributed by atoms with Crippen molar-refractivity contribution in [3.63, 3.8) is 0 Å². The number of para-hydroxylation sites is 1. The van der Waals surface area contributed by atoms with Crippen molar-refractivity contribution in [1.82, 2.24) is 0 Å². The Kier molecular flexibility index (Phi) is 6.90. The molecule has 0 fully saturated rings. The van der Waals surface area contributed by atoms with Gasteiger partial charge >= 0.3 is 0 Å². The number of nitrogens with zero attached hydrogens (tertiary/aromatic N) is 1. The topological polar surface area (TPSA) is 16.4 Å². The molecule has 2 heteroatoms. The van der Waals surface area contributed by atoms with Gasteiger partial charge in [0.15, 0.2) is 0 Å². The third-order valence-electron chi connectivity index (χ3n) is 11.0. The summed E-state index contributed by atoms with van der Waals surface area (Å²) in [7, 11) is 0. The molecule has 0 bridgehead atoms. The smallest absolute Gasteiger partial charge is 0.136 e. The zero-order chi connectivity index (χ0) is 35.6. The molecule has 0 aliphatic carbocycles. The summed E-state index contributed by atoms with van der Waals surface area (Å²) in [6, 6.07) is 72.3. The summed E-state index contributed by atoms with van der Waals surface area (Å²) in [6.45, 7) is 0. The van der Waals surface area contributed by atoms with Crippen molar-refractivity contribution in [2.24, 2.45) is 0 Å². The van der Waals surface area contributed by atoms with Crippen molar-refractivity contribution >= 4 is 82.1 Å². The van der Waals surface area contributed by atoms with E-state index in [0.717, 1.165) is 33.6 Å². The van der Waals surface area contributed by atoms with E-state index in [-0.39, 0.29) is 0 Å². The van der Waals surface area contributed by atoms with Gasteiger partial charge < -0.3 is 9.32 Å². The second-order valence-corrected chi connectivity index (χ2v) is 14.1. The SMILES string of the molecule is c1ccc(-c2ccc(N(c3ccc(-c4ccc5ccccc5c4)cc3)c3ccc4c5ccccc5c5c(ccc6oc7ccccc7c65)c4c3)cc2)cc1. The predicted octanol–water partition coefficient (Wildman–Crippen LogP) is 15.0. The predicted molar refractivity (Wildman–Crippen MR) is 229 cm³/mol. The van der Waals surface area contributed by atoms with E-state index in [2.05, 4.69) is 199 Å². The van der Waals surface area contributed by atoms with Gasteiger partial charge in [-0.1, -0.05) is 140 Å². The minimum atomic E-state index is 0.912. The van der Waals surface area contributed by atoms with Crippen molar-refractivity contribution in [2.45, 2.75) is 0 Å². The van der Waals surface area contributed by atoms with E-state index in [0.29, 0.717) is 0 Å². The Morgan fingerprint density at radius 2 is 0.815 bits per heavy atom. The molecule has 1 heterocycles. The highest BCUT2D eigenvalue weighted by Crippen LogP contribution is 2.45. The second kappa shape index (κ2) is 12.2. The van der Waals surface area contributed by atoms with Gasteiger partial charge in [-0.3, -0.25) is 0 Å². The van der Waals surface area contributed by atoms with Crippen molar-refractivity contribution in [1.29, 1.82) is 0 Å². The van der Waals surface area contributed by atoms with Gasteiger partial charge in [0.05, 0.1) is 0 Å². The first kappa shape index (κ1) is 30.5. The van der Waals surface area contributed by atoms with Gasteiger partial charge in [-0.25, -0.2) is 0 Å². The van der Waals surface area contributed by atoms with Gasteiger partial charge in [0.2, 0.25) is 0 Å². The first-order valence-electron chi connectivity index (χ1n) is 18.5. The molecule has 0 atom stereocenters. The van der Waals surface area contributed by atoms with E-state index in [4.69, 9.17) is 4.42 Å². The van der Waals surface area contributed by atoms with Crippen LogP contribution >= 0.6 is 0 Å². The highest BCUT2D eigenvalue weighted by atomic mass is 16.3. The average molecular weight is 688 g/mol. The van der Waals surface area contributed by atoms with Crippen LogP contribution in [-0.2, 0) is 0 Å². The molecule has 0 aliphatic rings. The molecular formula is C52H33NO. The largest absolute Gasteiger partial charge is 0.456 e. The van der Waals surface area contributed by atoms with Gasteiger partial charge in [0.25, 0.3) is 0 Å². The van der Waals surface area contributed by atoms with E-state index in [1.54, 1.807) is 0 Å². The molecule has 0 spiro atoms. The Labute approximate surface area is 312 Å². The van der Waals surface area contributed by atoms with Crippen LogP contribution in [0.1, 0.15) is 0 Å². The van der Waals surface area contributed by atoms with Gasteiger partial charge in [0, 0.05) is 33.2 Å². The maximum absolute atomic E-state index is 6.40. The molecule has 0 N–H and O–H groups in total. The van der Waals surface area contributed by atoms with E-state index in [1.807, 2.05) is 6.07 Å². The highest BCUT2D eigenvalue weighted by Gasteiger charge is 2.19. The zero-order valence-corrected chi connectivity index (χ0v) is 29.4. The van der Waals surface area contributed by atoms with Gasteiger partial charge in [0.1, 0.15) is 11.2 Å². The van der Waals surface area contributed by atoms with Crippen molar-refractivity contribution in [3.8, 4) is 22.3 Å². The fourth-order valence-corrected chi connectivity index (χ4v) is 8.44. The lowest BCUT2D eigenvalue weighted by molar-refractivity contribution is 0.669. The molecule has 0 amide bonds. The number of benzene rings is 10.